The predicted molar refractivity (Wildman–Crippen MR) is 99.6 cm³/mol. The average molecular weight is 375 g/mol. The molecule has 0 saturated carbocycles. The lowest BCUT2D eigenvalue weighted by Gasteiger charge is -2.18. The van der Waals surface area contributed by atoms with Crippen molar-refractivity contribution in [3.63, 3.8) is 0 Å². The van der Waals surface area contributed by atoms with E-state index in [-0.39, 0.29) is 16.6 Å². The van der Waals surface area contributed by atoms with Gasteiger partial charge in [0.05, 0.1) is 9.82 Å². The summed E-state index contributed by atoms with van der Waals surface area (Å²) < 4.78 is 26.7. The van der Waals surface area contributed by atoms with E-state index in [4.69, 9.17) is 0 Å². The van der Waals surface area contributed by atoms with Crippen molar-refractivity contribution in [3.05, 3.63) is 64.2 Å². The monoisotopic (exact) mass is 375 g/mol. The van der Waals surface area contributed by atoms with Crippen LogP contribution in [0.5, 0.6) is 0 Å². The van der Waals surface area contributed by atoms with Crippen molar-refractivity contribution >= 4 is 21.4 Å². The van der Waals surface area contributed by atoms with Crippen molar-refractivity contribution in [2.75, 3.05) is 18.4 Å². The molecule has 138 valence electrons. The number of nitrogens with one attached hydrogen (secondary N) is 1. The molecule has 26 heavy (non-hydrogen) atoms. The Kier molecular flexibility index (Phi) is 5.24. The molecule has 3 rings (SSSR count). The van der Waals surface area contributed by atoms with Crippen molar-refractivity contribution in [3.8, 4) is 0 Å². The third-order valence-corrected chi connectivity index (χ3v) is 6.43. The van der Waals surface area contributed by atoms with Gasteiger partial charge in [-0.25, -0.2) is 8.42 Å². The minimum Gasteiger partial charge on any atom is -0.373 e. The molecule has 1 N–H and O–H groups in total. The third-order valence-electron chi connectivity index (χ3n) is 4.54. The highest BCUT2D eigenvalue weighted by molar-refractivity contribution is 7.89. The molecular formula is C18H21N3O4S. The van der Waals surface area contributed by atoms with Gasteiger partial charge in [0.25, 0.3) is 5.69 Å². The zero-order valence-corrected chi connectivity index (χ0v) is 15.3. The molecule has 0 amide bonds. The molecule has 1 saturated heterocycles. The van der Waals surface area contributed by atoms with Crippen molar-refractivity contribution in [2.45, 2.75) is 30.7 Å². The second-order valence-electron chi connectivity index (χ2n) is 6.32. The van der Waals surface area contributed by atoms with Gasteiger partial charge in [0.1, 0.15) is 5.69 Å². The first-order chi connectivity index (χ1) is 12.4. The van der Waals surface area contributed by atoms with Gasteiger partial charge in [-0.15, -0.1) is 0 Å². The molecule has 0 spiro atoms. The molecule has 2 aromatic carbocycles. The Morgan fingerprint density at radius 3 is 2.38 bits per heavy atom. The fourth-order valence-corrected chi connectivity index (χ4v) is 4.62. The second kappa shape index (κ2) is 7.43. The van der Waals surface area contributed by atoms with Crippen LogP contribution in [-0.2, 0) is 10.0 Å². The van der Waals surface area contributed by atoms with Gasteiger partial charge < -0.3 is 5.32 Å². The maximum Gasteiger partial charge on any atom is 0.293 e. The highest BCUT2D eigenvalue weighted by Crippen LogP contribution is 2.32. The number of benzene rings is 2. The van der Waals surface area contributed by atoms with E-state index >= 15 is 0 Å². The smallest absolute Gasteiger partial charge is 0.293 e. The van der Waals surface area contributed by atoms with Crippen LogP contribution >= 0.6 is 0 Å². The zero-order valence-electron chi connectivity index (χ0n) is 14.5. The van der Waals surface area contributed by atoms with Crippen LogP contribution in [0.2, 0.25) is 0 Å². The number of anilines is 1. The quantitative estimate of drug-likeness (QED) is 0.616. The Bertz CT molecular complexity index is 894. The topological polar surface area (TPSA) is 92.6 Å². The standard InChI is InChI=1S/C18H21N3O4S/c1-14(15-7-3-2-4-8-15)19-17-10-9-16(13-18(17)21(22)23)26(24,25)20-11-5-6-12-20/h2-4,7-10,13-14,19H,5-6,11-12H2,1H3/t14-/m1/s1. The van der Waals surface area contributed by atoms with E-state index in [1.165, 1.54) is 16.4 Å². The van der Waals surface area contributed by atoms with Gasteiger partial charge in [-0.05, 0) is 37.5 Å². The van der Waals surface area contributed by atoms with Crippen LogP contribution in [0.3, 0.4) is 0 Å². The number of hydrogen-bond acceptors (Lipinski definition) is 5. The highest BCUT2D eigenvalue weighted by atomic mass is 32.2. The van der Waals surface area contributed by atoms with Gasteiger partial charge in [0.2, 0.25) is 10.0 Å². The molecule has 0 radical (unpaired) electrons. The molecule has 1 atom stereocenters. The fourth-order valence-electron chi connectivity index (χ4n) is 3.08. The highest BCUT2D eigenvalue weighted by Gasteiger charge is 2.29. The molecule has 0 aromatic heterocycles. The molecule has 1 heterocycles. The van der Waals surface area contributed by atoms with E-state index in [2.05, 4.69) is 5.32 Å². The van der Waals surface area contributed by atoms with Crippen LogP contribution in [0.1, 0.15) is 31.4 Å². The van der Waals surface area contributed by atoms with Crippen LogP contribution in [0.15, 0.2) is 53.4 Å². The zero-order chi connectivity index (χ0) is 18.7. The van der Waals surface area contributed by atoms with E-state index in [0.717, 1.165) is 24.5 Å². The van der Waals surface area contributed by atoms with Crippen molar-refractivity contribution in [2.24, 2.45) is 0 Å². The molecule has 0 unspecified atom stereocenters. The summed E-state index contributed by atoms with van der Waals surface area (Å²) in [6.07, 6.45) is 1.63. The van der Waals surface area contributed by atoms with Crippen LogP contribution < -0.4 is 5.32 Å². The van der Waals surface area contributed by atoms with Crippen LogP contribution in [0.25, 0.3) is 0 Å². The van der Waals surface area contributed by atoms with Gasteiger partial charge in [0, 0.05) is 25.2 Å². The molecule has 2 aromatic rings. The van der Waals surface area contributed by atoms with Gasteiger partial charge in [-0.2, -0.15) is 4.31 Å². The molecule has 0 aliphatic carbocycles. The lowest BCUT2D eigenvalue weighted by molar-refractivity contribution is -0.384. The fraction of sp³-hybridized carbons (Fsp3) is 0.333. The molecule has 1 aliphatic heterocycles. The predicted octanol–water partition coefficient (Wildman–Crippen LogP) is 3.55. The number of nitrogens with zero attached hydrogens (tertiary/aromatic N) is 2. The number of nitro benzene ring substituents is 1. The maximum atomic E-state index is 12.6. The minimum absolute atomic E-state index is 0.0379. The van der Waals surface area contributed by atoms with Gasteiger partial charge >= 0.3 is 0 Å². The maximum absolute atomic E-state index is 12.6. The lowest BCUT2D eigenvalue weighted by atomic mass is 10.1. The first kappa shape index (κ1) is 18.3. The summed E-state index contributed by atoms with van der Waals surface area (Å²) in [7, 11) is -3.69. The molecule has 7 nitrogen and oxygen atoms in total. The van der Waals surface area contributed by atoms with Gasteiger partial charge in [-0.1, -0.05) is 30.3 Å². The Labute approximate surface area is 152 Å². The molecule has 0 bridgehead atoms. The summed E-state index contributed by atoms with van der Waals surface area (Å²) >= 11 is 0. The summed E-state index contributed by atoms with van der Waals surface area (Å²) in [5, 5.41) is 14.6. The van der Waals surface area contributed by atoms with Gasteiger partial charge in [0.15, 0.2) is 0 Å². The Balaban J connectivity index is 1.91. The normalized spacial score (nSPS) is 16.3. The summed E-state index contributed by atoms with van der Waals surface area (Å²) in [5.41, 5.74) is 1.04. The van der Waals surface area contributed by atoms with Crippen molar-refractivity contribution < 1.29 is 13.3 Å². The lowest BCUT2D eigenvalue weighted by Crippen LogP contribution is -2.27. The van der Waals surface area contributed by atoms with Crippen LogP contribution in [0.4, 0.5) is 11.4 Å². The van der Waals surface area contributed by atoms with Gasteiger partial charge in [-0.3, -0.25) is 10.1 Å². The minimum atomic E-state index is -3.69. The van der Waals surface area contributed by atoms with E-state index in [9.17, 15) is 18.5 Å². The van der Waals surface area contributed by atoms with E-state index in [0.29, 0.717) is 18.8 Å². The van der Waals surface area contributed by atoms with Crippen LogP contribution in [-0.4, -0.2) is 30.7 Å². The average Bonchev–Trinajstić information content (AvgIpc) is 3.18. The number of hydrogen-bond donors (Lipinski definition) is 1. The Hall–Kier alpha value is -2.45. The molecule has 8 heteroatoms. The summed E-state index contributed by atoms with van der Waals surface area (Å²) in [6.45, 7) is 2.82. The summed E-state index contributed by atoms with van der Waals surface area (Å²) in [5.74, 6) is 0. The van der Waals surface area contributed by atoms with Crippen molar-refractivity contribution in [1.82, 2.24) is 4.31 Å². The summed E-state index contributed by atoms with van der Waals surface area (Å²) in [4.78, 5) is 10.9. The number of sulfonamides is 1. The molecular weight excluding hydrogens is 354 g/mol. The second-order valence-corrected chi connectivity index (χ2v) is 8.26. The molecule has 1 fully saturated rings. The summed E-state index contributed by atoms with van der Waals surface area (Å²) in [6, 6.07) is 13.4. The van der Waals surface area contributed by atoms with E-state index in [1.807, 2.05) is 37.3 Å². The molecule has 1 aliphatic rings. The first-order valence-corrected chi connectivity index (χ1v) is 9.93. The van der Waals surface area contributed by atoms with Crippen molar-refractivity contribution in [1.29, 1.82) is 0 Å². The van der Waals surface area contributed by atoms with Crippen LogP contribution in [0, 0.1) is 10.1 Å². The van der Waals surface area contributed by atoms with E-state index < -0.39 is 14.9 Å². The largest absolute Gasteiger partial charge is 0.373 e. The number of nitro groups is 1. The third kappa shape index (κ3) is 3.71. The first-order valence-electron chi connectivity index (χ1n) is 8.49. The Morgan fingerprint density at radius 2 is 1.77 bits per heavy atom. The number of rotatable bonds is 6. The SMILES string of the molecule is C[C@@H](Nc1ccc(S(=O)(=O)N2CCCC2)cc1[N+](=O)[O-])c1ccccc1. The Morgan fingerprint density at radius 1 is 1.12 bits per heavy atom. The van der Waals surface area contributed by atoms with E-state index in [1.54, 1.807) is 0 Å².